The Labute approximate surface area is 128 Å². The number of thiophene rings is 1. The van der Waals surface area contributed by atoms with E-state index in [-0.39, 0.29) is 11.8 Å². The zero-order valence-electron chi connectivity index (χ0n) is 10.3. The Balaban J connectivity index is 2.09. The average Bonchev–Trinajstić information content (AvgIpc) is 2.98. The van der Waals surface area contributed by atoms with Crippen LogP contribution in [-0.4, -0.2) is 34.0 Å². The minimum absolute atomic E-state index is 0.223. The van der Waals surface area contributed by atoms with Gasteiger partial charge < -0.3 is 10.4 Å². The molecule has 0 aliphatic carbocycles. The molecule has 1 amide bonds. The zero-order chi connectivity index (χ0) is 14.0. The summed E-state index contributed by atoms with van der Waals surface area (Å²) >= 11 is 6.42. The number of carboxylic acids is 1. The van der Waals surface area contributed by atoms with Crippen molar-refractivity contribution in [1.82, 2.24) is 5.32 Å². The fourth-order valence-electron chi connectivity index (χ4n) is 1.92. The molecule has 1 aromatic rings. The molecule has 104 valence electrons. The van der Waals surface area contributed by atoms with Crippen LogP contribution in [0.1, 0.15) is 24.1 Å². The average molecular weight is 364 g/mol. The van der Waals surface area contributed by atoms with Gasteiger partial charge in [-0.15, -0.1) is 11.3 Å². The normalized spacial score (nSPS) is 24.1. The van der Waals surface area contributed by atoms with Gasteiger partial charge in [0.2, 0.25) is 5.91 Å². The van der Waals surface area contributed by atoms with Crippen LogP contribution in [0.3, 0.4) is 0 Å². The van der Waals surface area contributed by atoms with Gasteiger partial charge in [-0.2, -0.15) is 11.8 Å². The molecule has 2 unspecified atom stereocenters. The lowest BCUT2D eigenvalue weighted by atomic mass is 9.97. The van der Waals surface area contributed by atoms with E-state index in [4.69, 9.17) is 0 Å². The Hall–Kier alpha value is -0.530. The third kappa shape index (κ3) is 3.14. The van der Waals surface area contributed by atoms with Crippen molar-refractivity contribution in [2.24, 2.45) is 0 Å². The molecule has 1 aliphatic rings. The highest BCUT2D eigenvalue weighted by Gasteiger charge is 2.44. The molecule has 2 rings (SSSR count). The number of amides is 1. The molecule has 2 N–H and O–H groups in total. The lowest BCUT2D eigenvalue weighted by Crippen LogP contribution is -2.55. The molecule has 1 fully saturated rings. The van der Waals surface area contributed by atoms with Gasteiger partial charge >= 0.3 is 5.97 Å². The van der Waals surface area contributed by atoms with E-state index >= 15 is 0 Å². The number of carboxylic acid groups (broad SMARTS) is 1. The maximum Gasteiger partial charge on any atom is 0.330 e. The van der Waals surface area contributed by atoms with Crippen LogP contribution in [0.4, 0.5) is 0 Å². The first kappa shape index (κ1) is 14.9. The Bertz CT molecular complexity index is 497. The van der Waals surface area contributed by atoms with Gasteiger partial charge in [-0.25, -0.2) is 4.79 Å². The quantitative estimate of drug-likeness (QED) is 0.862. The Morgan fingerprint density at radius 3 is 2.74 bits per heavy atom. The van der Waals surface area contributed by atoms with Gasteiger partial charge in [0.15, 0.2) is 0 Å². The molecule has 0 aromatic carbocycles. The van der Waals surface area contributed by atoms with Crippen LogP contribution in [-0.2, 0) is 9.59 Å². The summed E-state index contributed by atoms with van der Waals surface area (Å²) in [6, 6.07) is 3.78. The minimum atomic E-state index is -1.09. The van der Waals surface area contributed by atoms with Crippen molar-refractivity contribution in [2.45, 2.75) is 24.8 Å². The number of hydrogen-bond acceptors (Lipinski definition) is 4. The zero-order valence-corrected chi connectivity index (χ0v) is 13.5. The van der Waals surface area contributed by atoms with Crippen LogP contribution in [0.25, 0.3) is 0 Å². The third-order valence-electron chi connectivity index (χ3n) is 3.21. The maximum absolute atomic E-state index is 12.2. The molecule has 0 saturated carbocycles. The van der Waals surface area contributed by atoms with Crippen molar-refractivity contribution in [3.05, 3.63) is 20.8 Å². The molecule has 0 spiro atoms. The highest BCUT2D eigenvalue weighted by atomic mass is 79.9. The van der Waals surface area contributed by atoms with Crippen LogP contribution in [0.2, 0.25) is 0 Å². The van der Waals surface area contributed by atoms with E-state index in [9.17, 15) is 14.7 Å². The van der Waals surface area contributed by atoms with Gasteiger partial charge in [-0.05, 0) is 47.2 Å². The number of hydrogen-bond donors (Lipinski definition) is 2. The predicted molar refractivity (Wildman–Crippen MR) is 80.9 cm³/mol. The number of nitrogens with one attached hydrogen (secondary N) is 1. The van der Waals surface area contributed by atoms with E-state index in [0.717, 1.165) is 14.4 Å². The van der Waals surface area contributed by atoms with E-state index in [0.29, 0.717) is 12.2 Å². The Kier molecular flexibility index (Phi) is 4.58. The van der Waals surface area contributed by atoms with Crippen molar-refractivity contribution < 1.29 is 14.7 Å². The lowest BCUT2D eigenvalue weighted by Gasteiger charge is -2.26. The summed E-state index contributed by atoms with van der Waals surface area (Å²) in [5, 5.41) is 12.1. The summed E-state index contributed by atoms with van der Waals surface area (Å²) in [4.78, 5) is 24.5. The van der Waals surface area contributed by atoms with Gasteiger partial charge in [0.05, 0.1) is 9.70 Å². The molecule has 1 aromatic heterocycles. The van der Waals surface area contributed by atoms with E-state index in [1.807, 2.05) is 12.1 Å². The second-order valence-corrected chi connectivity index (χ2v) is 8.14. The summed E-state index contributed by atoms with van der Waals surface area (Å²) < 4.78 is 0.964. The van der Waals surface area contributed by atoms with Gasteiger partial charge in [0, 0.05) is 10.6 Å². The number of aliphatic carboxylic acids is 1. The molecule has 4 nitrogen and oxygen atoms in total. The second-order valence-electron chi connectivity index (χ2n) is 4.54. The Morgan fingerprint density at radius 2 is 2.26 bits per heavy atom. The van der Waals surface area contributed by atoms with Crippen molar-refractivity contribution in [3.8, 4) is 0 Å². The summed E-state index contributed by atoms with van der Waals surface area (Å²) in [6.07, 6.45) is 0.486. The smallest absolute Gasteiger partial charge is 0.330 e. The van der Waals surface area contributed by atoms with E-state index in [2.05, 4.69) is 21.2 Å². The summed E-state index contributed by atoms with van der Waals surface area (Å²) in [5.74, 6) is -0.289. The number of rotatable bonds is 4. The van der Waals surface area contributed by atoms with E-state index in [1.165, 1.54) is 11.3 Å². The van der Waals surface area contributed by atoms with Gasteiger partial charge in [-0.1, -0.05) is 0 Å². The van der Waals surface area contributed by atoms with Gasteiger partial charge in [0.25, 0.3) is 0 Å². The molecule has 19 heavy (non-hydrogen) atoms. The second kappa shape index (κ2) is 5.85. The molecule has 0 radical (unpaired) electrons. The monoisotopic (exact) mass is 363 g/mol. The largest absolute Gasteiger partial charge is 0.479 e. The first-order valence-corrected chi connectivity index (χ1v) is 8.59. The van der Waals surface area contributed by atoms with Crippen LogP contribution < -0.4 is 5.32 Å². The number of carbonyl (C=O) groups is 2. The molecule has 0 bridgehead atoms. The van der Waals surface area contributed by atoms with Gasteiger partial charge in [0.1, 0.15) is 5.54 Å². The van der Waals surface area contributed by atoms with Crippen molar-refractivity contribution in [2.75, 3.05) is 11.5 Å². The first-order chi connectivity index (χ1) is 8.94. The van der Waals surface area contributed by atoms with Gasteiger partial charge in [-0.3, -0.25) is 4.79 Å². The molecule has 2 heterocycles. The highest BCUT2D eigenvalue weighted by molar-refractivity contribution is 9.11. The standard InChI is InChI=1S/C12H14BrNO3S2/c1-7(8-2-3-9(13)19-8)10(15)14-12(11(16)17)4-5-18-6-12/h2-3,7H,4-6H2,1H3,(H,14,15)(H,16,17). The Morgan fingerprint density at radius 1 is 1.53 bits per heavy atom. The minimum Gasteiger partial charge on any atom is -0.479 e. The topological polar surface area (TPSA) is 66.4 Å². The first-order valence-electron chi connectivity index (χ1n) is 5.83. The van der Waals surface area contributed by atoms with Crippen LogP contribution in [0.5, 0.6) is 0 Å². The number of carbonyl (C=O) groups excluding carboxylic acids is 1. The fourth-order valence-corrected chi connectivity index (χ4v) is 4.72. The lowest BCUT2D eigenvalue weighted by molar-refractivity contribution is -0.146. The molecule has 7 heteroatoms. The SMILES string of the molecule is CC(C(=O)NC1(C(=O)O)CCSC1)c1ccc(Br)s1. The molecular formula is C12H14BrNO3S2. The van der Waals surface area contributed by atoms with Crippen LogP contribution in [0.15, 0.2) is 15.9 Å². The number of thioether (sulfide) groups is 1. The van der Waals surface area contributed by atoms with Crippen molar-refractivity contribution in [3.63, 3.8) is 0 Å². The maximum atomic E-state index is 12.2. The van der Waals surface area contributed by atoms with E-state index < -0.39 is 11.5 Å². The summed E-state index contributed by atoms with van der Waals surface area (Å²) in [7, 11) is 0. The van der Waals surface area contributed by atoms with Crippen LogP contribution in [0, 0.1) is 0 Å². The summed E-state index contributed by atoms with van der Waals surface area (Å²) in [5.41, 5.74) is -1.09. The highest BCUT2D eigenvalue weighted by Crippen LogP contribution is 2.31. The molecule has 1 aliphatic heterocycles. The van der Waals surface area contributed by atoms with Crippen molar-refractivity contribution in [1.29, 1.82) is 0 Å². The molecule has 1 saturated heterocycles. The number of halogens is 1. The molecule has 2 atom stereocenters. The van der Waals surface area contributed by atoms with Crippen molar-refractivity contribution >= 4 is 50.9 Å². The third-order valence-corrected chi connectivity index (χ3v) is 6.20. The molecular weight excluding hydrogens is 350 g/mol. The predicted octanol–water partition coefficient (Wildman–Crippen LogP) is 2.69. The fraction of sp³-hybridized carbons (Fsp3) is 0.500. The summed E-state index contributed by atoms with van der Waals surface area (Å²) in [6.45, 7) is 1.80. The van der Waals surface area contributed by atoms with E-state index in [1.54, 1.807) is 18.7 Å². The van der Waals surface area contributed by atoms with Crippen LogP contribution >= 0.6 is 39.0 Å².